The molecule has 3 fully saturated rings. The molecule has 42 heavy (non-hydrogen) atoms. The normalized spacial score (nSPS) is 23.9. The topological polar surface area (TPSA) is 91.4 Å². The molecule has 0 bridgehead atoms. The molecule has 1 amide bonds. The van der Waals surface area contributed by atoms with Crippen LogP contribution in [-0.4, -0.2) is 54.0 Å². The van der Waals surface area contributed by atoms with Crippen LogP contribution in [0.25, 0.3) is 0 Å². The summed E-state index contributed by atoms with van der Waals surface area (Å²) in [6.45, 7) is 2.74. The number of nitrogens with one attached hydrogen (secondary N) is 2. The van der Waals surface area contributed by atoms with Crippen molar-refractivity contribution in [3.8, 4) is 0 Å². The number of carbonyl (C=O) groups excluding carboxylic acids is 1. The summed E-state index contributed by atoms with van der Waals surface area (Å²) in [5, 5.41) is 5.56. The molecule has 222 valence electrons. The van der Waals surface area contributed by atoms with Gasteiger partial charge in [-0.05, 0) is 54.7 Å². The molecule has 1 aromatic heterocycles. The third-order valence-electron chi connectivity index (χ3n) is 8.78. The van der Waals surface area contributed by atoms with Crippen LogP contribution in [0.5, 0.6) is 0 Å². The number of nitrogens with zero attached hydrogens (tertiary/aromatic N) is 2. The third kappa shape index (κ3) is 5.09. The van der Waals surface area contributed by atoms with Crippen LogP contribution in [0.15, 0.2) is 54.9 Å². The first kappa shape index (κ1) is 28.8. The van der Waals surface area contributed by atoms with Gasteiger partial charge in [0.15, 0.2) is 0 Å². The van der Waals surface area contributed by atoms with E-state index in [-0.39, 0.29) is 29.8 Å². The van der Waals surface area contributed by atoms with Crippen molar-refractivity contribution in [2.45, 2.75) is 54.7 Å². The lowest BCUT2D eigenvalue weighted by Gasteiger charge is -2.37. The number of halogens is 4. The molecule has 2 aliphatic carbocycles. The molecule has 1 aliphatic heterocycles. The molecule has 7 nitrogen and oxygen atoms in total. The standard InChI is InChI=1S/C30H30F4N4O3S/c1-29(18-2-4-20(31)5-3-18,19-10-21(32)12-22(33)11-19)14-27(39)37-26-16-36-15-25(34)28(26)24-13-30(24)17-35-8-9-38(30)42(40,41)23-6-7-23/h2-5,10-12,15-16,23-24,35H,6-9,13-14,17H2,1H3,(H,37,39)/t24-,29-,30-/m0/s1. The smallest absolute Gasteiger partial charge is 0.225 e. The first-order valence-corrected chi connectivity index (χ1v) is 15.3. The van der Waals surface area contributed by atoms with Crippen molar-refractivity contribution in [3.63, 3.8) is 0 Å². The van der Waals surface area contributed by atoms with E-state index in [1.165, 1.54) is 34.8 Å². The fraction of sp³-hybridized carbons (Fsp3) is 0.400. The number of benzene rings is 2. The van der Waals surface area contributed by atoms with Gasteiger partial charge < -0.3 is 10.6 Å². The maximum Gasteiger partial charge on any atom is 0.225 e. The molecular formula is C30H30F4N4O3S. The third-order valence-corrected chi connectivity index (χ3v) is 11.2. The average molecular weight is 603 g/mol. The molecule has 1 spiro atoms. The monoisotopic (exact) mass is 602 g/mol. The highest BCUT2D eigenvalue weighted by Gasteiger charge is 2.65. The summed E-state index contributed by atoms with van der Waals surface area (Å²) >= 11 is 0. The Morgan fingerprint density at radius 2 is 1.74 bits per heavy atom. The molecule has 2 saturated carbocycles. The predicted octanol–water partition coefficient (Wildman–Crippen LogP) is 4.60. The lowest BCUT2D eigenvalue weighted by molar-refractivity contribution is -0.117. The number of hydrogen-bond acceptors (Lipinski definition) is 5. The Balaban J connectivity index is 1.31. The molecular weight excluding hydrogens is 572 g/mol. The number of carbonyl (C=O) groups is 1. The zero-order valence-electron chi connectivity index (χ0n) is 22.8. The lowest BCUT2D eigenvalue weighted by atomic mass is 9.73. The van der Waals surface area contributed by atoms with Crippen LogP contribution in [0.1, 0.15) is 55.2 Å². The number of amides is 1. The number of piperazine rings is 1. The summed E-state index contributed by atoms with van der Waals surface area (Å²) in [5.74, 6) is -3.96. The number of sulfonamides is 1. The van der Waals surface area contributed by atoms with Crippen molar-refractivity contribution in [2.24, 2.45) is 0 Å². The fourth-order valence-electron chi connectivity index (χ4n) is 6.33. The molecule has 2 heterocycles. The van der Waals surface area contributed by atoms with E-state index >= 15 is 4.39 Å². The van der Waals surface area contributed by atoms with Gasteiger partial charge in [0.25, 0.3) is 0 Å². The summed E-state index contributed by atoms with van der Waals surface area (Å²) in [7, 11) is -3.54. The largest absolute Gasteiger partial charge is 0.324 e. The Kier molecular flexibility index (Phi) is 7.14. The zero-order chi connectivity index (χ0) is 29.9. The second-order valence-corrected chi connectivity index (χ2v) is 13.8. The van der Waals surface area contributed by atoms with Gasteiger partial charge in [-0.2, -0.15) is 4.31 Å². The van der Waals surface area contributed by atoms with E-state index < -0.39 is 61.3 Å². The van der Waals surface area contributed by atoms with Gasteiger partial charge in [0, 0.05) is 49.0 Å². The summed E-state index contributed by atoms with van der Waals surface area (Å²) in [4.78, 5) is 17.5. The second-order valence-electron chi connectivity index (χ2n) is 11.7. The van der Waals surface area contributed by atoms with Gasteiger partial charge in [0.05, 0.1) is 28.9 Å². The molecule has 2 aromatic carbocycles. The Morgan fingerprint density at radius 3 is 2.40 bits per heavy atom. The molecule has 3 aliphatic rings. The highest BCUT2D eigenvalue weighted by Crippen LogP contribution is 2.59. The molecule has 1 saturated heterocycles. The average Bonchev–Trinajstić information content (AvgIpc) is 3.86. The number of pyridine rings is 1. The van der Waals surface area contributed by atoms with Gasteiger partial charge >= 0.3 is 0 Å². The first-order chi connectivity index (χ1) is 19.9. The van der Waals surface area contributed by atoms with Crippen LogP contribution in [0.2, 0.25) is 0 Å². The summed E-state index contributed by atoms with van der Waals surface area (Å²) in [6, 6.07) is 8.24. The van der Waals surface area contributed by atoms with E-state index in [1.807, 2.05) is 0 Å². The van der Waals surface area contributed by atoms with Gasteiger partial charge in [-0.1, -0.05) is 19.1 Å². The summed E-state index contributed by atoms with van der Waals surface area (Å²) in [6.07, 6.45) is 3.63. The van der Waals surface area contributed by atoms with Crippen molar-refractivity contribution in [1.29, 1.82) is 0 Å². The molecule has 3 atom stereocenters. The van der Waals surface area contributed by atoms with Crippen molar-refractivity contribution in [3.05, 3.63) is 94.8 Å². The molecule has 6 rings (SSSR count). The molecule has 0 unspecified atom stereocenters. The molecule has 0 radical (unpaired) electrons. The van der Waals surface area contributed by atoms with Gasteiger partial charge in [-0.3, -0.25) is 9.78 Å². The van der Waals surface area contributed by atoms with E-state index in [0.717, 1.165) is 24.4 Å². The Bertz CT molecular complexity index is 1630. The van der Waals surface area contributed by atoms with E-state index in [0.29, 0.717) is 37.9 Å². The maximum absolute atomic E-state index is 15.4. The van der Waals surface area contributed by atoms with Crippen LogP contribution >= 0.6 is 0 Å². The van der Waals surface area contributed by atoms with E-state index in [9.17, 15) is 26.4 Å². The lowest BCUT2D eigenvalue weighted by Crippen LogP contribution is -2.57. The second kappa shape index (κ2) is 10.4. The number of hydrogen-bond donors (Lipinski definition) is 2. The maximum atomic E-state index is 15.4. The van der Waals surface area contributed by atoms with Crippen LogP contribution in [-0.2, 0) is 20.2 Å². The predicted molar refractivity (Wildman–Crippen MR) is 148 cm³/mol. The minimum Gasteiger partial charge on any atom is -0.324 e. The van der Waals surface area contributed by atoms with E-state index in [2.05, 4.69) is 15.6 Å². The minimum atomic E-state index is -3.54. The van der Waals surface area contributed by atoms with Crippen LogP contribution < -0.4 is 10.6 Å². The van der Waals surface area contributed by atoms with Gasteiger partial charge in [0.1, 0.15) is 23.3 Å². The Labute approximate surface area is 241 Å². The summed E-state index contributed by atoms with van der Waals surface area (Å²) < 4.78 is 85.7. The van der Waals surface area contributed by atoms with Crippen molar-refractivity contribution >= 4 is 21.6 Å². The molecule has 3 aromatic rings. The highest BCUT2D eigenvalue weighted by atomic mass is 32.2. The van der Waals surface area contributed by atoms with Crippen LogP contribution in [0.3, 0.4) is 0 Å². The highest BCUT2D eigenvalue weighted by molar-refractivity contribution is 7.90. The number of aromatic nitrogens is 1. The van der Waals surface area contributed by atoms with Crippen molar-refractivity contribution < 1.29 is 30.8 Å². The van der Waals surface area contributed by atoms with E-state index in [1.54, 1.807) is 6.92 Å². The summed E-state index contributed by atoms with van der Waals surface area (Å²) in [5.41, 5.74) is -1.26. The quantitative estimate of drug-likeness (QED) is 0.368. The van der Waals surface area contributed by atoms with Crippen molar-refractivity contribution in [2.75, 3.05) is 25.0 Å². The zero-order valence-corrected chi connectivity index (χ0v) is 23.7. The SMILES string of the molecule is C[C@](CC(=O)Nc1cncc(F)c1[C@@H]1C[C@]12CNCCN2S(=O)(=O)C1CC1)(c1ccc(F)cc1)c1cc(F)cc(F)c1. The van der Waals surface area contributed by atoms with Gasteiger partial charge in [-0.15, -0.1) is 0 Å². The fourth-order valence-corrected chi connectivity index (χ4v) is 8.54. The van der Waals surface area contributed by atoms with Crippen molar-refractivity contribution in [1.82, 2.24) is 14.6 Å². The minimum absolute atomic E-state index is 0.100. The first-order valence-electron chi connectivity index (χ1n) is 13.8. The number of rotatable bonds is 8. The Hall–Kier alpha value is -3.35. The molecule has 2 N–H and O–H groups in total. The molecule has 12 heteroatoms. The Morgan fingerprint density at radius 1 is 1.05 bits per heavy atom. The van der Waals surface area contributed by atoms with Crippen LogP contribution in [0, 0.1) is 23.3 Å². The van der Waals surface area contributed by atoms with E-state index in [4.69, 9.17) is 0 Å². The van der Waals surface area contributed by atoms with Crippen LogP contribution in [0.4, 0.5) is 23.2 Å². The van der Waals surface area contributed by atoms with Gasteiger partial charge in [0.2, 0.25) is 15.9 Å². The van der Waals surface area contributed by atoms with Gasteiger partial charge in [-0.25, -0.2) is 26.0 Å². The number of anilines is 1.